The zero-order chi connectivity index (χ0) is 22.8. The van der Waals surface area contributed by atoms with E-state index in [9.17, 15) is 0 Å². The van der Waals surface area contributed by atoms with Gasteiger partial charge in [0.2, 0.25) is 0 Å². The number of halogens is 1. The second-order valence-corrected chi connectivity index (χ2v) is 8.93. The highest BCUT2D eigenvalue weighted by Crippen LogP contribution is 2.43. The van der Waals surface area contributed by atoms with Gasteiger partial charge in [0.05, 0.1) is 18.3 Å². The Morgan fingerprint density at radius 3 is 2.52 bits per heavy atom. The number of benzene rings is 2. The van der Waals surface area contributed by atoms with E-state index in [0.29, 0.717) is 11.7 Å². The highest BCUT2D eigenvalue weighted by Gasteiger charge is 2.42. The summed E-state index contributed by atoms with van der Waals surface area (Å²) in [4.78, 5) is 6.69. The Bertz CT molecular complexity index is 1240. The van der Waals surface area contributed by atoms with Crippen molar-refractivity contribution >= 4 is 38.9 Å². The van der Waals surface area contributed by atoms with Crippen molar-refractivity contribution in [3.63, 3.8) is 0 Å². The van der Waals surface area contributed by atoms with Crippen LogP contribution in [0.2, 0.25) is 0 Å². The van der Waals surface area contributed by atoms with E-state index in [1.165, 1.54) is 0 Å². The van der Waals surface area contributed by atoms with E-state index in [1.54, 1.807) is 6.20 Å². The minimum absolute atomic E-state index is 0.151. The molecule has 1 aliphatic rings. The van der Waals surface area contributed by atoms with Gasteiger partial charge < -0.3 is 19.4 Å². The van der Waals surface area contributed by atoms with E-state index in [1.807, 2.05) is 85.8 Å². The van der Waals surface area contributed by atoms with E-state index >= 15 is 0 Å². The quantitative estimate of drug-likeness (QED) is 0.286. The van der Waals surface area contributed by atoms with Crippen molar-refractivity contribution in [2.45, 2.75) is 19.0 Å². The zero-order valence-corrected chi connectivity index (χ0v) is 20.3. The monoisotopic (exact) mass is 519 g/mol. The summed E-state index contributed by atoms with van der Waals surface area (Å²) in [7, 11) is 0. The first-order valence-electron chi connectivity index (χ1n) is 10.7. The third-order valence-corrected chi connectivity index (χ3v) is 6.41. The molecule has 0 saturated carbocycles. The first kappa shape index (κ1) is 21.7. The van der Waals surface area contributed by atoms with E-state index in [2.05, 4.69) is 31.1 Å². The van der Waals surface area contributed by atoms with Gasteiger partial charge in [-0.25, -0.2) is 0 Å². The van der Waals surface area contributed by atoms with Crippen LogP contribution in [0.5, 0.6) is 5.75 Å². The van der Waals surface area contributed by atoms with Crippen LogP contribution >= 0.6 is 28.1 Å². The Kier molecular flexibility index (Phi) is 6.15. The van der Waals surface area contributed by atoms with Gasteiger partial charge >= 0.3 is 0 Å². The smallest absolute Gasteiger partial charge is 0.174 e. The number of aromatic nitrogens is 1. The number of pyridine rings is 1. The number of thiocarbonyl (C=S) groups is 1. The molecule has 2 aromatic carbocycles. The minimum atomic E-state index is -0.190. The number of nitrogens with one attached hydrogen (secondary N) is 1. The molecule has 33 heavy (non-hydrogen) atoms. The molecule has 2 atom stereocenters. The highest BCUT2D eigenvalue weighted by molar-refractivity contribution is 9.10. The van der Waals surface area contributed by atoms with Crippen LogP contribution in [-0.2, 0) is 0 Å². The first-order chi connectivity index (χ1) is 16.1. The molecule has 0 bridgehead atoms. The van der Waals surface area contributed by atoms with Crippen LogP contribution in [0.4, 0.5) is 5.69 Å². The predicted octanol–water partition coefficient (Wildman–Crippen LogP) is 6.68. The lowest BCUT2D eigenvalue weighted by Crippen LogP contribution is -2.29. The lowest BCUT2D eigenvalue weighted by Gasteiger charge is -2.26. The molecular formula is C26H22BrN3O2S. The lowest BCUT2D eigenvalue weighted by molar-refractivity contribution is 0.340. The standard InChI is InChI=1S/C26H22BrN3O2S/c1-2-31-20-12-6-17(7-13-20)22-14-15-23(32-22)25-24(21-5-3-4-16-28-21)29-26(33)30(25)19-10-8-18(27)9-11-19/h3-16,24-25H,2H2,1H3,(H,29,33)/t24-,25+/m0/s1. The average Bonchev–Trinajstić information content (AvgIpc) is 3.46. The van der Waals surface area contributed by atoms with E-state index in [4.69, 9.17) is 21.4 Å². The third-order valence-electron chi connectivity index (χ3n) is 5.57. The van der Waals surface area contributed by atoms with E-state index in [0.717, 1.165) is 38.7 Å². The molecule has 4 aromatic rings. The molecule has 1 N–H and O–H groups in total. The summed E-state index contributed by atoms with van der Waals surface area (Å²) < 4.78 is 13.0. The van der Waals surface area contributed by atoms with Crippen molar-refractivity contribution in [2.24, 2.45) is 0 Å². The van der Waals surface area contributed by atoms with Crippen LogP contribution in [0.15, 0.2) is 93.9 Å². The average molecular weight is 520 g/mol. The Morgan fingerprint density at radius 1 is 1.03 bits per heavy atom. The van der Waals surface area contributed by atoms with Gasteiger partial charge in [-0.3, -0.25) is 4.98 Å². The molecule has 5 nitrogen and oxygen atoms in total. The normalized spacial score (nSPS) is 17.8. The van der Waals surface area contributed by atoms with Gasteiger partial charge in [0.25, 0.3) is 0 Å². The molecule has 5 rings (SSSR count). The molecule has 0 amide bonds. The van der Waals surface area contributed by atoms with Gasteiger partial charge in [0.15, 0.2) is 5.11 Å². The summed E-state index contributed by atoms with van der Waals surface area (Å²) >= 11 is 9.29. The molecule has 7 heteroatoms. The fraction of sp³-hybridized carbons (Fsp3) is 0.154. The van der Waals surface area contributed by atoms with Crippen LogP contribution in [0.25, 0.3) is 11.3 Å². The van der Waals surface area contributed by atoms with Crippen LogP contribution in [-0.4, -0.2) is 16.7 Å². The summed E-state index contributed by atoms with van der Waals surface area (Å²) in [6.45, 7) is 2.61. The number of nitrogens with zero attached hydrogens (tertiary/aromatic N) is 2. The second-order valence-electron chi connectivity index (χ2n) is 7.63. The Morgan fingerprint density at radius 2 is 1.82 bits per heavy atom. The Labute approximate surface area is 206 Å². The van der Waals surface area contributed by atoms with E-state index in [-0.39, 0.29) is 12.1 Å². The number of rotatable bonds is 6. The highest BCUT2D eigenvalue weighted by atomic mass is 79.9. The Balaban J connectivity index is 1.54. The molecule has 0 spiro atoms. The molecule has 2 aromatic heterocycles. The van der Waals surface area contributed by atoms with Crippen LogP contribution in [0.3, 0.4) is 0 Å². The zero-order valence-electron chi connectivity index (χ0n) is 17.9. The maximum absolute atomic E-state index is 6.41. The molecule has 0 unspecified atom stereocenters. The van der Waals surface area contributed by atoms with Gasteiger partial charge in [-0.15, -0.1) is 0 Å². The number of hydrogen-bond acceptors (Lipinski definition) is 4. The summed E-state index contributed by atoms with van der Waals surface area (Å²) in [5.74, 6) is 2.45. The topological polar surface area (TPSA) is 50.5 Å². The van der Waals surface area contributed by atoms with Crippen molar-refractivity contribution in [1.82, 2.24) is 10.3 Å². The summed E-state index contributed by atoms with van der Waals surface area (Å²) in [6.07, 6.45) is 1.80. The molecule has 3 heterocycles. The molecule has 1 saturated heterocycles. The van der Waals surface area contributed by atoms with Crippen molar-refractivity contribution in [1.29, 1.82) is 0 Å². The molecule has 166 valence electrons. The number of furan rings is 1. The van der Waals surface area contributed by atoms with Crippen LogP contribution in [0, 0.1) is 0 Å². The van der Waals surface area contributed by atoms with Crippen LogP contribution in [0.1, 0.15) is 30.5 Å². The maximum atomic E-state index is 6.41. The first-order valence-corrected chi connectivity index (χ1v) is 11.9. The van der Waals surface area contributed by atoms with Gasteiger partial charge in [0.1, 0.15) is 23.3 Å². The molecule has 1 aliphatic heterocycles. The molecule has 0 radical (unpaired) electrons. The fourth-order valence-electron chi connectivity index (χ4n) is 4.07. The van der Waals surface area contributed by atoms with Gasteiger partial charge in [-0.1, -0.05) is 22.0 Å². The van der Waals surface area contributed by atoms with Crippen LogP contribution < -0.4 is 15.0 Å². The molecule has 0 aliphatic carbocycles. The summed E-state index contributed by atoms with van der Waals surface area (Å²) in [6, 6.07) is 25.6. The van der Waals surface area contributed by atoms with E-state index < -0.39 is 0 Å². The largest absolute Gasteiger partial charge is 0.494 e. The maximum Gasteiger partial charge on any atom is 0.174 e. The van der Waals surface area contributed by atoms with Crippen molar-refractivity contribution < 1.29 is 9.15 Å². The van der Waals surface area contributed by atoms with Gasteiger partial charge in [-0.05, 0) is 91.9 Å². The van der Waals surface area contributed by atoms with Crippen molar-refractivity contribution in [2.75, 3.05) is 11.5 Å². The van der Waals surface area contributed by atoms with Gasteiger partial charge in [0, 0.05) is 21.9 Å². The summed E-state index contributed by atoms with van der Waals surface area (Å²) in [5, 5.41) is 4.10. The third kappa shape index (κ3) is 4.38. The summed E-state index contributed by atoms with van der Waals surface area (Å²) in [5.41, 5.74) is 2.88. The second kappa shape index (κ2) is 9.37. The minimum Gasteiger partial charge on any atom is -0.494 e. The number of hydrogen-bond donors (Lipinski definition) is 1. The predicted molar refractivity (Wildman–Crippen MR) is 137 cm³/mol. The molecular weight excluding hydrogens is 498 g/mol. The molecule has 1 fully saturated rings. The fourth-order valence-corrected chi connectivity index (χ4v) is 4.68. The number of anilines is 1. The Hall–Kier alpha value is -3.16. The van der Waals surface area contributed by atoms with Gasteiger partial charge in [-0.2, -0.15) is 0 Å². The number of ether oxygens (including phenoxy) is 1. The lowest BCUT2D eigenvalue weighted by atomic mass is 10.0. The van der Waals surface area contributed by atoms with Crippen molar-refractivity contribution in [3.8, 4) is 17.1 Å². The SMILES string of the molecule is CCOc1ccc(-c2ccc([C@@H]3[C@H](c4ccccn4)NC(=S)N3c3ccc(Br)cc3)o2)cc1. The van der Waals surface area contributed by atoms with Crippen molar-refractivity contribution in [3.05, 3.63) is 101 Å².